The number of hydrogen-bond acceptors (Lipinski definition) is 4. The highest BCUT2D eigenvalue weighted by atomic mass is 16.5. The molecule has 2 heterocycles. The van der Waals surface area contributed by atoms with Crippen molar-refractivity contribution in [1.29, 1.82) is 0 Å². The van der Waals surface area contributed by atoms with Gasteiger partial charge in [-0.2, -0.15) is 4.98 Å². The van der Waals surface area contributed by atoms with Gasteiger partial charge in [0.1, 0.15) is 0 Å². The van der Waals surface area contributed by atoms with E-state index in [9.17, 15) is 0 Å². The van der Waals surface area contributed by atoms with Crippen molar-refractivity contribution in [2.75, 3.05) is 13.1 Å². The van der Waals surface area contributed by atoms with E-state index in [0.717, 1.165) is 36.8 Å². The van der Waals surface area contributed by atoms with E-state index in [0.29, 0.717) is 0 Å². The third-order valence-electron chi connectivity index (χ3n) is 4.67. The van der Waals surface area contributed by atoms with Crippen LogP contribution in [0, 0.1) is 0 Å². The van der Waals surface area contributed by atoms with Gasteiger partial charge < -0.3 is 9.84 Å². The van der Waals surface area contributed by atoms with Gasteiger partial charge in [0.05, 0.1) is 5.41 Å². The third kappa shape index (κ3) is 1.86. The molecule has 2 aliphatic rings. The van der Waals surface area contributed by atoms with Crippen LogP contribution in [-0.2, 0) is 18.3 Å². The first-order valence-electron chi connectivity index (χ1n) is 7.42. The first kappa shape index (κ1) is 12.1. The number of fused-ring (bicyclic) bond motifs is 1. The van der Waals surface area contributed by atoms with Gasteiger partial charge in [-0.1, -0.05) is 17.3 Å². The van der Waals surface area contributed by atoms with E-state index in [1.54, 1.807) is 0 Å². The standard InChI is InChI=1S/C16H19N3O/c1-16(7-8-17-10-16)15-18-14(19-20-15)13-6-5-11-3-2-4-12(11)9-13/h5-6,9,17H,2-4,7-8,10H2,1H3. The molecule has 1 unspecified atom stereocenters. The lowest BCUT2D eigenvalue weighted by Crippen LogP contribution is -2.25. The first-order chi connectivity index (χ1) is 9.74. The van der Waals surface area contributed by atoms with Crippen LogP contribution in [0.1, 0.15) is 36.8 Å². The predicted octanol–water partition coefficient (Wildman–Crippen LogP) is 2.48. The van der Waals surface area contributed by atoms with Gasteiger partial charge in [0.25, 0.3) is 0 Å². The topological polar surface area (TPSA) is 51.0 Å². The second-order valence-electron chi connectivity index (χ2n) is 6.25. The molecule has 1 aliphatic heterocycles. The number of aromatic nitrogens is 2. The van der Waals surface area contributed by atoms with Gasteiger partial charge in [-0.05, 0) is 56.3 Å². The van der Waals surface area contributed by atoms with Gasteiger partial charge >= 0.3 is 0 Å². The van der Waals surface area contributed by atoms with Crippen LogP contribution in [-0.4, -0.2) is 23.2 Å². The summed E-state index contributed by atoms with van der Waals surface area (Å²) in [5.41, 5.74) is 3.99. The summed E-state index contributed by atoms with van der Waals surface area (Å²) in [6.07, 6.45) is 4.70. The molecular weight excluding hydrogens is 250 g/mol. The molecule has 0 amide bonds. The van der Waals surface area contributed by atoms with Crippen molar-refractivity contribution in [1.82, 2.24) is 15.5 Å². The van der Waals surface area contributed by atoms with E-state index < -0.39 is 0 Å². The highest BCUT2D eigenvalue weighted by Crippen LogP contribution is 2.31. The molecule has 1 saturated heterocycles. The molecule has 0 spiro atoms. The van der Waals surface area contributed by atoms with Crippen LogP contribution in [0.25, 0.3) is 11.4 Å². The molecular formula is C16H19N3O. The number of aryl methyl sites for hydroxylation is 2. The Hall–Kier alpha value is -1.68. The fourth-order valence-electron chi connectivity index (χ4n) is 3.30. The van der Waals surface area contributed by atoms with Gasteiger partial charge in [-0.15, -0.1) is 0 Å². The third-order valence-corrected chi connectivity index (χ3v) is 4.67. The second kappa shape index (κ2) is 4.42. The van der Waals surface area contributed by atoms with Crippen molar-refractivity contribution in [2.24, 2.45) is 0 Å². The summed E-state index contributed by atoms with van der Waals surface area (Å²) in [7, 11) is 0. The van der Waals surface area contributed by atoms with Crippen LogP contribution in [0.4, 0.5) is 0 Å². The maximum atomic E-state index is 5.52. The number of nitrogens with one attached hydrogen (secondary N) is 1. The summed E-state index contributed by atoms with van der Waals surface area (Å²) < 4.78 is 5.52. The average Bonchev–Trinajstić information content (AvgIpc) is 3.18. The lowest BCUT2D eigenvalue weighted by atomic mass is 9.90. The summed E-state index contributed by atoms with van der Waals surface area (Å²) in [5, 5.41) is 7.55. The monoisotopic (exact) mass is 269 g/mol. The molecule has 1 aliphatic carbocycles. The Morgan fingerprint density at radius 2 is 2.15 bits per heavy atom. The number of benzene rings is 1. The Kier molecular flexibility index (Phi) is 2.67. The quantitative estimate of drug-likeness (QED) is 0.910. The van der Waals surface area contributed by atoms with Crippen LogP contribution < -0.4 is 5.32 Å². The van der Waals surface area contributed by atoms with E-state index >= 15 is 0 Å². The van der Waals surface area contributed by atoms with Gasteiger partial charge in [0.15, 0.2) is 0 Å². The van der Waals surface area contributed by atoms with Crippen molar-refractivity contribution in [3.63, 3.8) is 0 Å². The summed E-state index contributed by atoms with van der Waals surface area (Å²) in [5.74, 6) is 1.49. The average molecular weight is 269 g/mol. The van der Waals surface area contributed by atoms with E-state index in [4.69, 9.17) is 4.52 Å². The lowest BCUT2D eigenvalue weighted by Gasteiger charge is -2.15. The molecule has 20 heavy (non-hydrogen) atoms. The molecule has 0 radical (unpaired) electrons. The van der Waals surface area contributed by atoms with Gasteiger partial charge in [-0.25, -0.2) is 0 Å². The van der Waals surface area contributed by atoms with Crippen LogP contribution >= 0.6 is 0 Å². The fourth-order valence-corrected chi connectivity index (χ4v) is 3.30. The van der Waals surface area contributed by atoms with Crippen molar-refractivity contribution >= 4 is 0 Å². The van der Waals surface area contributed by atoms with Crippen LogP contribution in [0.3, 0.4) is 0 Å². The molecule has 1 N–H and O–H groups in total. The molecule has 1 aromatic heterocycles. The van der Waals surface area contributed by atoms with Crippen molar-refractivity contribution in [2.45, 2.75) is 38.0 Å². The molecule has 1 fully saturated rings. The van der Waals surface area contributed by atoms with Gasteiger partial charge in [0, 0.05) is 12.1 Å². The Labute approximate surface area is 118 Å². The lowest BCUT2D eigenvalue weighted by molar-refractivity contribution is 0.306. The van der Waals surface area contributed by atoms with E-state index in [1.807, 2.05) is 0 Å². The maximum Gasteiger partial charge on any atom is 0.234 e. The van der Waals surface area contributed by atoms with Crippen LogP contribution in [0.5, 0.6) is 0 Å². The van der Waals surface area contributed by atoms with Crippen molar-refractivity contribution in [3.05, 3.63) is 35.2 Å². The Morgan fingerprint density at radius 3 is 3.00 bits per heavy atom. The summed E-state index contributed by atoms with van der Waals surface area (Å²) >= 11 is 0. The number of nitrogens with zero attached hydrogens (tertiary/aromatic N) is 2. The Balaban J connectivity index is 1.68. The largest absolute Gasteiger partial charge is 0.338 e. The predicted molar refractivity (Wildman–Crippen MR) is 76.6 cm³/mol. The Morgan fingerprint density at radius 1 is 1.25 bits per heavy atom. The molecule has 4 nitrogen and oxygen atoms in total. The molecule has 2 aromatic rings. The molecule has 4 heteroatoms. The van der Waals surface area contributed by atoms with Gasteiger partial charge in [0.2, 0.25) is 11.7 Å². The van der Waals surface area contributed by atoms with Crippen molar-refractivity contribution < 1.29 is 4.52 Å². The van der Waals surface area contributed by atoms with Gasteiger partial charge in [-0.3, -0.25) is 0 Å². The molecule has 0 saturated carbocycles. The molecule has 104 valence electrons. The normalized spacial score (nSPS) is 25.1. The summed E-state index contributed by atoms with van der Waals surface area (Å²) in [6, 6.07) is 6.56. The zero-order valence-electron chi connectivity index (χ0n) is 11.8. The number of hydrogen-bond donors (Lipinski definition) is 1. The van der Waals surface area contributed by atoms with E-state index in [2.05, 4.69) is 40.6 Å². The highest BCUT2D eigenvalue weighted by Gasteiger charge is 2.36. The molecule has 4 rings (SSSR count). The van der Waals surface area contributed by atoms with E-state index in [1.165, 1.54) is 30.4 Å². The zero-order chi connectivity index (χ0) is 13.6. The zero-order valence-corrected chi connectivity index (χ0v) is 11.8. The molecule has 0 bridgehead atoms. The molecule has 1 aromatic carbocycles. The highest BCUT2D eigenvalue weighted by molar-refractivity contribution is 5.57. The minimum atomic E-state index is -0.0119. The smallest absolute Gasteiger partial charge is 0.234 e. The van der Waals surface area contributed by atoms with E-state index in [-0.39, 0.29) is 5.41 Å². The molecule has 1 atom stereocenters. The minimum Gasteiger partial charge on any atom is -0.338 e. The maximum absolute atomic E-state index is 5.52. The number of rotatable bonds is 2. The first-order valence-corrected chi connectivity index (χ1v) is 7.42. The SMILES string of the molecule is CC1(c2nc(-c3ccc4c(c3)CCC4)no2)CCNC1. The minimum absolute atomic E-state index is 0.0119. The summed E-state index contributed by atoms with van der Waals surface area (Å²) in [4.78, 5) is 4.64. The summed E-state index contributed by atoms with van der Waals surface area (Å²) in [6.45, 7) is 4.12. The fraction of sp³-hybridized carbons (Fsp3) is 0.500. The van der Waals surface area contributed by atoms with Crippen LogP contribution in [0.2, 0.25) is 0 Å². The van der Waals surface area contributed by atoms with Crippen molar-refractivity contribution in [3.8, 4) is 11.4 Å². The second-order valence-corrected chi connectivity index (χ2v) is 6.25. The van der Waals surface area contributed by atoms with Crippen LogP contribution in [0.15, 0.2) is 22.7 Å². The Bertz CT molecular complexity index is 641.